The Morgan fingerprint density at radius 2 is 1.61 bits per heavy atom. The Balaban J connectivity index is 1.57. The molecule has 2 heterocycles. The maximum Gasteiger partial charge on any atom is 0.266 e. The predicted molar refractivity (Wildman–Crippen MR) is 120 cm³/mol. The molecule has 0 aliphatic carbocycles. The van der Waals surface area contributed by atoms with Crippen LogP contribution in [0.2, 0.25) is 0 Å². The number of rotatable bonds is 4. The number of anilines is 2. The van der Waals surface area contributed by atoms with Crippen LogP contribution in [-0.4, -0.2) is 25.0 Å². The summed E-state index contributed by atoms with van der Waals surface area (Å²) in [6, 6.07) is 23.7. The summed E-state index contributed by atoms with van der Waals surface area (Å²) in [5.41, 5.74) is 2.19. The van der Waals surface area contributed by atoms with Gasteiger partial charge < -0.3 is 4.74 Å². The smallest absolute Gasteiger partial charge is 0.266 e. The first-order valence-electron chi connectivity index (χ1n) is 9.87. The molecule has 156 valence electrons. The normalized spacial score (nSPS) is 22.7. The summed E-state index contributed by atoms with van der Waals surface area (Å²) in [6.45, 7) is 0. The fourth-order valence-electron chi connectivity index (χ4n) is 4.23. The third-order valence-corrected chi connectivity index (χ3v) is 6.14. The minimum Gasteiger partial charge on any atom is -0.497 e. The molecule has 6 nitrogen and oxygen atoms in total. The number of fused-ring (bicyclic) bond motifs is 1. The van der Waals surface area contributed by atoms with Gasteiger partial charge in [0.25, 0.3) is 5.91 Å². The molecule has 0 spiro atoms. The third kappa shape index (κ3) is 3.30. The zero-order valence-electron chi connectivity index (χ0n) is 16.6. The average molecular weight is 479 g/mol. The molecule has 5 rings (SSSR count). The first kappa shape index (κ1) is 19.8. The Bertz CT molecular complexity index is 1140. The molecule has 2 aliphatic rings. The molecule has 3 aromatic carbocycles. The van der Waals surface area contributed by atoms with Crippen LogP contribution in [0, 0.1) is 5.92 Å². The zero-order chi connectivity index (χ0) is 21.5. The van der Waals surface area contributed by atoms with Crippen LogP contribution in [0.3, 0.4) is 0 Å². The highest BCUT2D eigenvalue weighted by molar-refractivity contribution is 9.10. The standard InChI is InChI=1S/C24H19BrN2O4/c1-30-19-12-10-17(11-13-19)26-23(28)20-21(15-6-5-7-16(25)14-15)27(31-22(20)24(26)29)18-8-3-2-4-9-18/h2-14,20-22H,1H3/t20-,21-,22-/m1/s1. The minimum absolute atomic E-state index is 0.274. The van der Waals surface area contributed by atoms with Crippen molar-refractivity contribution in [3.8, 4) is 5.75 Å². The number of hydroxylamine groups is 1. The Kier molecular flexibility index (Phi) is 5.00. The SMILES string of the molecule is COc1ccc(N2C(=O)[C@@H]3[C@@H](c4cccc(Br)c4)N(c4ccccc4)O[C@H]3C2=O)cc1. The van der Waals surface area contributed by atoms with Crippen LogP contribution in [0.15, 0.2) is 83.3 Å². The van der Waals surface area contributed by atoms with Gasteiger partial charge in [0.2, 0.25) is 5.91 Å². The molecule has 0 bridgehead atoms. The number of halogens is 1. The molecular formula is C24H19BrN2O4. The van der Waals surface area contributed by atoms with Gasteiger partial charge in [0.15, 0.2) is 6.10 Å². The van der Waals surface area contributed by atoms with Crippen molar-refractivity contribution in [3.63, 3.8) is 0 Å². The summed E-state index contributed by atoms with van der Waals surface area (Å²) in [7, 11) is 1.57. The van der Waals surface area contributed by atoms with Gasteiger partial charge in [0.1, 0.15) is 11.7 Å². The Labute approximate surface area is 188 Å². The van der Waals surface area contributed by atoms with Crippen molar-refractivity contribution in [3.05, 3.63) is 88.9 Å². The van der Waals surface area contributed by atoms with Gasteiger partial charge in [-0.2, -0.15) is 0 Å². The molecule has 0 aromatic heterocycles. The van der Waals surface area contributed by atoms with Crippen LogP contribution in [0.25, 0.3) is 0 Å². The molecule has 3 aromatic rings. The fourth-order valence-corrected chi connectivity index (χ4v) is 4.65. The second kappa shape index (κ2) is 7.83. The van der Waals surface area contributed by atoms with E-state index in [0.717, 1.165) is 15.7 Å². The molecule has 2 fully saturated rings. The van der Waals surface area contributed by atoms with Gasteiger partial charge in [-0.25, -0.2) is 9.96 Å². The average Bonchev–Trinajstić information content (AvgIpc) is 3.31. The molecule has 0 saturated carbocycles. The van der Waals surface area contributed by atoms with E-state index >= 15 is 0 Å². The van der Waals surface area contributed by atoms with Crippen LogP contribution in [-0.2, 0) is 14.4 Å². The molecular weight excluding hydrogens is 460 g/mol. The fraction of sp³-hybridized carbons (Fsp3) is 0.167. The molecule has 0 N–H and O–H groups in total. The van der Waals surface area contributed by atoms with Crippen molar-refractivity contribution in [1.82, 2.24) is 0 Å². The molecule has 7 heteroatoms. The first-order valence-corrected chi connectivity index (χ1v) is 10.7. The molecule has 0 radical (unpaired) electrons. The van der Waals surface area contributed by atoms with E-state index in [4.69, 9.17) is 9.57 Å². The van der Waals surface area contributed by atoms with E-state index in [9.17, 15) is 9.59 Å². The molecule has 2 aliphatic heterocycles. The predicted octanol–water partition coefficient (Wildman–Crippen LogP) is 4.51. The summed E-state index contributed by atoms with van der Waals surface area (Å²) in [5, 5.41) is 1.69. The Morgan fingerprint density at radius 1 is 0.871 bits per heavy atom. The van der Waals surface area contributed by atoms with Gasteiger partial charge in [0.05, 0.1) is 24.5 Å². The second-order valence-corrected chi connectivity index (χ2v) is 8.34. The summed E-state index contributed by atoms with van der Waals surface area (Å²) in [5.74, 6) is -0.646. The third-order valence-electron chi connectivity index (χ3n) is 5.65. The number of nitrogens with zero attached hydrogens (tertiary/aromatic N) is 2. The van der Waals surface area contributed by atoms with Crippen molar-refractivity contribution >= 4 is 39.1 Å². The van der Waals surface area contributed by atoms with Crippen molar-refractivity contribution in [2.75, 3.05) is 17.1 Å². The van der Waals surface area contributed by atoms with E-state index in [0.29, 0.717) is 11.4 Å². The lowest BCUT2D eigenvalue weighted by molar-refractivity contribution is -0.126. The van der Waals surface area contributed by atoms with Gasteiger partial charge in [0, 0.05) is 4.47 Å². The minimum atomic E-state index is -0.890. The number of ether oxygens (including phenoxy) is 1. The van der Waals surface area contributed by atoms with Crippen LogP contribution in [0.5, 0.6) is 5.75 Å². The number of hydrogen-bond acceptors (Lipinski definition) is 5. The number of imide groups is 1. The summed E-state index contributed by atoms with van der Waals surface area (Å²) in [6.07, 6.45) is -0.890. The number of para-hydroxylation sites is 1. The van der Waals surface area contributed by atoms with E-state index in [2.05, 4.69) is 15.9 Å². The van der Waals surface area contributed by atoms with Crippen molar-refractivity contribution < 1.29 is 19.2 Å². The topological polar surface area (TPSA) is 59.1 Å². The van der Waals surface area contributed by atoms with Gasteiger partial charge >= 0.3 is 0 Å². The van der Waals surface area contributed by atoms with E-state index < -0.39 is 18.1 Å². The van der Waals surface area contributed by atoms with Gasteiger partial charge in [-0.05, 0) is 54.1 Å². The van der Waals surface area contributed by atoms with E-state index in [1.165, 1.54) is 4.90 Å². The van der Waals surface area contributed by atoms with Crippen LogP contribution < -0.4 is 14.7 Å². The lowest BCUT2D eigenvalue weighted by Gasteiger charge is -2.28. The largest absolute Gasteiger partial charge is 0.497 e. The highest BCUT2D eigenvalue weighted by atomic mass is 79.9. The maximum absolute atomic E-state index is 13.6. The molecule has 0 unspecified atom stereocenters. The van der Waals surface area contributed by atoms with Gasteiger partial charge in [-0.3, -0.25) is 14.4 Å². The molecule has 2 amide bonds. The number of carbonyl (C=O) groups is 2. The van der Waals surface area contributed by atoms with Crippen molar-refractivity contribution in [1.29, 1.82) is 0 Å². The van der Waals surface area contributed by atoms with Gasteiger partial charge in [-0.1, -0.05) is 46.3 Å². The first-order chi connectivity index (χ1) is 15.1. The second-order valence-electron chi connectivity index (χ2n) is 7.42. The Hall–Kier alpha value is -3.16. The molecule has 2 saturated heterocycles. The van der Waals surface area contributed by atoms with Crippen molar-refractivity contribution in [2.24, 2.45) is 5.92 Å². The quantitative estimate of drug-likeness (QED) is 0.516. The number of benzene rings is 3. The van der Waals surface area contributed by atoms with E-state index in [1.807, 2.05) is 54.6 Å². The number of carbonyl (C=O) groups excluding carboxylic acids is 2. The zero-order valence-corrected chi connectivity index (χ0v) is 18.2. The number of methoxy groups -OCH3 is 1. The molecule has 31 heavy (non-hydrogen) atoms. The number of amides is 2. The van der Waals surface area contributed by atoms with Gasteiger partial charge in [-0.15, -0.1) is 0 Å². The highest BCUT2D eigenvalue weighted by Gasteiger charge is 2.60. The maximum atomic E-state index is 13.6. The number of hydrogen-bond donors (Lipinski definition) is 0. The van der Waals surface area contributed by atoms with E-state index in [1.54, 1.807) is 36.4 Å². The monoisotopic (exact) mass is 478 g/mol. The Morgan fingerprint density at radius 3 is 2.29 bits per heavy atom. The highest BCUT2D eigenvalue weighted by Crippen LogP contribution is 2.47. The van der Waals surface area contributed by atoms with Crippen LogP contribution in [0.4, 0.5) is 11.4 Å². The lowest BCUT2D eigenvalue weighted by Crippen LogP contribution is -2.37. The van der Waals surface area contributed by atoms with E-state index in [-0.39, 0.29) is 11.8 Å². The van der Waals surface area contributed by atoms with Crippen LogP contribution >= 0.6 is 15.9 Å². The molecule has 3 atom stereocenters. The summed E-state index contributed by atoms with van der Waals surface area (Å²) < 4.78 is 6.08. The summed E-state index contributed by atoms with van der Waals surface area (Å²) in [4.78, 5) is 34.2. The van der Waals surface area contributed by atoms with Crippen molar-refractivity contribution in [2.45, 2.75) is 12.1 Å². The van der Waals surface area contributed by atoms with Crippen LogP contribution in [0.1, 0.15) is 11.6 Å². The summed E-state index contributed by atoms with van der Waals surface area (Å²) >= 11 is 3.51. The lowest BCUT2D eigenvalue weighted by atomic mass is 9.90.